The number of nitrogens with one attached hydrogen (secondary N) is 1. The van der Waals surface area contributed by atoms with Gasteiger partial charge in [0, 0.05) is 23.7 Å². The zero-order valence-corrected chi connectivity index (χ0v) is 16.4. The first kappa shape index (κ1) is 20.1. The average Bonchev–Trinajstić information content (AvgIpc) is 2.74. The van der Waals surface area contributed by atoms with Gasteiger partial charge in [-0.15, -0.1) is 0 Å². The van der Waals surface area contributed by atoms with E-state index in [0.29, 0.717) is 24.6 Å². The number of ether oxygens (including phenoxy) is 2. The zero-order valence-electron chi connectivity index (χ0n) is 16.4. The molecule has 29 heavy (non-hydrogen) atoms. The van der Waals surface area contributed by atoms with E-state index in [-0.39, 0.29) is 18.0 Å². The van der Waals surface area contributed by atoms with Crippen LogP contribution in [0.5, 0.6) is 11.5 Å². The Morgan fingerprint density at radius 3 is 2.59 bits per heavy atom. The second-order valence-corrected chi connectivity index (χ2v) is 6.29. The van der Waals surface area contributed by atoms with Gasteiger partial charge in [-0.1, -0.05) is 18.2 Å². The number of carbonyl (C=O) groups is 1. The van der Waals surface area contributed by atoms with Gasteiger partial charge in [0.05, 0.1) is 25.7 Å². The van der Waals surface area contributed by atoms with Crippen molar-refractivity contribution in [3.8, 4) is 22.8 Å². The van der Waals surface area contributed by atoms with Gasteiger partial charge in [-0.3, -0.25) is 14.2 Å². The Balaban J connectivity index is 1.64. The van der Waals surface area contributed by atoms with Crippen LogP contribution in [0.2, 0.25) is 0 Å². The van der Waals surface area contributed by atoms with Crippen LogP contribution in [0.1, 0.15) is 12.5 Å². The fraction of sp³-hybridized carbons (Fsp3) is 0.227. The standard InChI is InChI=1S/C22H23N3O4/c1-3-29-18-10-8-16(9-11-18)19-12-22(27)25(15-24-19)14-21(26)23-13-17-6-4-5-7-20(17)28-2/h4-12,15H,3,13-14H2,1-2H3,(H,23,26). The third-order valence-corrected chi connectivity index (χ3v) is 4.32. The number of methoxy groups -OCH3 is 1. The predicted molar refractivity (Wildman–Crippen MR) is 110 cm³/mol. The third-order valence-electron chi connectivity index (χ3n) is 4.32. The van der Waals surface area contributed by atoms with Crippen LogP contribution in [-0.4, -0.2) is 29.2 Å². The minimum Gasteiger partial charge on any atom is -0.496 e. The van der Waals surface area contributed by atoms with Crippen molar-refractivity contribution in [1.29, 1.82) is 0 Å². The van der Waals surface area contributed by atoms with E-state index in [9.17, 15) is 9.59 Å². The van der Waals surface area contributed by atoms with Gasteiger partial charge in [0.15, 0.2) is 0 Å². The summed E-state index contributed by atoms with van der Waals surface area (Å²) in [5.41, 5.74) is 1.91. The first-order valence-corrected chi connectivity index (χ1v) is 9.29. The highest BCUT2D eigenvalue weighted by molar-refractivity contribution is 5.75. The maximum atomic E-state index is 12.4. The maximum absolute atomic E-state index is 12.4. The van der Waals surface area contributed by atoms with Crippen LogP contribution >= 0.6 is 0 Å². The highest BCUT2D eigenvalue weighted by atomic mass is 16.5. The molecule has 7 heteroatoms. The van der Waals surface area contributed by atoms with E-state index < -0.39 is 0 Å². The van der Waals surface area contributed by atoms with E-state index in [4.69, 9.17) is 9.47 Å². The molecule has 3 rings (SSSR count). The van der Waals surface area contributed by atoms with Crippen molar-refractivity contribution in [2.75, 3.05) is 13.7 Å². The molecule has 0 bridgehead atoms. The van der Waals surface area contributed by atoms with Gasteiger partial charge >= 0.3 is 0 Å². The quantitative estimate of drug-likeness (QED) is 0.636. The number of carbonyl (C=O) groups excluding carboxylic acids is 1. The molecule has 0 fully saturated rings. The normalized spacial score (nSPS) is 10.4. The molecular formula is C22H23N3O4. The molecule has 0 aliphatic carbocycles. The van der Waals surface area contributed by atoms with Crippen molar-refractivity contribution in [2.24, 2.45) is 0 Å². The van der Waals surface area contributed by atoms with Crippen LogP contribution < -0.4 is 20.3 Å². The van der Waals surface area contributed by atoms with Crippen LogP contribution in [0.3, 0.4) is 0 Å². The summed E-state index contributed by atoms with van der Waals surface area (Å²) in [5.74, 6) is 1.18. The number of nitrogens with zero attached hydrogens (tertiary/aromatic N) is 2. The molecule has 0 aliphatic heterocycles. The van der Waals surface area contributed by atoms with E-state index in [1.54, 1.807) is 7.11 Å². The van der Waals surface area contributed by atoms with Crippen LogP contribution in [0.15, 0.2) is 65.7 Å². The lowest BCUT2D eigenvalue weighted by atomic mass is 10.1. The topological polar surface area (TPSA) is 82.5 Å². The van der Waals surface area contributed by atoms with Crippen molar-refractivity contribution >= 4 is 5.91 Å². The van der Waals surface area contributed by atoms with Crippen molar-refractivity contribution in [3.63, 3.8) is 0 Å². The SMILES string of the molecule is CCOc1ccc(-c2cc(=O)n(CC(=O)NCc3ccccc3OC)cn2)cc1. The number of aromatic nitrogens is 2. The third kappa shape index (κ3) is 5.22. The van der Waals surface area contributed by atoms with E-state index in [1.165, 1.54) is 17.0 Å². The van der Waals surface area contributed by atoms with E-state index >= 15 is 0 Å². The lowest BCUT2D eigenvalue weighted by molar-refractivity contribution is -0.121. The van der Waals surface area contributed by atoms with Crippen LogP contribution in [0.4, 0.5) is 0 Å². The van der Waals surface area contributed by atoms with Crippen LogP contribution in [0.25, 0.3) is 11.3 Å². The molecule has 0 atom stereocenters. The second-order valence-electron chi connectivity index (χ2n) is 6.29. The van der Waals surface area contributed by atoms with Gasteiger partial charge in [-0.25, -0.2) is 4.98 Å². The summed E-state index contributed by atoms with van der Waals surface area (Å²) in [5, 5.41) is 2.79. The van der Waals surface area contributed by atoms with Crippen molar-refractivity contribution in [2.45, 2.75) is 20.0 Å². The first-order chi connectivity index (χ1) is 14.1. The zero-order chi connectivity index (χ0) is 20.6. The Hall–Kier alpha value is -3.61. The molecule has 3 aromatic rings. The Bertz CT molecular complexity index is 1030. The molecule has 1 heterocycles. The number of para-hydroxylation sites is 1. The van der Waals surface area contributed by atoms with Crippen molar-refractivity contribution in [3.05, 3.63) is 76.8 Å². The number of rotatable bonds is 8. The van der Waals surface area contributed by atoms with Gasteiger partial charge < -0.3 is 14.8 Å². The molecule has 1 aromatic heterocycles. The Labute approximate surface area is 168 Å². The second kappa shape index (κ2) is 9.54. The van der Waals surface area contributed by atoms with Crippen LogP contribution in [-0.2, 0) is 17.9 Å². The number of benzene rings is 2. The Morgan fingerprint density at radius 1 is 1.14 bits per heavy atom. The van der Waals surface area contributed by atoms with Crippen LogP contribution in [0, 0.1) is 0 Å². The van der Waals surface area contributed by atoms with Gasteiger partial charge in [-0.05, 0) is 37.3 Å². The summed E-state index contributed by atoms with van der Waals surface area (Å²) in [6.45, 7) is 2.72. The van der Waals surface area contributed by atoms with Crippen molar-refractivity contribution in [1.82, 2.24) is 14.9 Å². The maximum Gasteiger partial charge on any atom is 0.254 e. The molecule has 150 valence electrons. The Morgan fingerprint density at radius 2 is 1.90 bits per heavy atom. The number of amides is 1. The van der Waals surface area contributed by atoms with Gasteiger partial charge in [0.25, 0.3) is 5.56 Å². The van der Waals surface area contributed by atoms with E-state index in [2.05, 4.69) is 10.3 Å². The van der Waals surface area contributed by atoms with Crippen molar-refractivity contribution < 1.29 is 14.3 Å². The van der Waals surface area contributed by atoms with Gasteiger partial charge in [0.2, 0.25) is 5.91 Å². The van der Waals surface area contributed by atoms with Gasteiger partial charge in [0.1, 0.15) is 18.0 Å². The summed E-state index contributed by atoms with van der Waals surface area (Å²) in [7, 11) is 1.58. The fourth-order valence-corrected chi connectivity index (χ4v) is 2.84. The number of hydrogen-bond acceptors (Lipinski definition) is 5. The average molecular weight is 393 g/mol. The fourth-order valence-electron chi connectivity index (χ4n) is 2.84. The molecule has 0 saturated heterocycles. The largest absolute Gasteiger partial charge is 0.496 e. The molecule has 2 aromatic carbocycles. The summed E-state index contributed by atoms with van der Waals surface area (Å²) in [4.78, 5) is 28.9. The highest BCUT2D eigenvalue weighted by Gasteiger charge is 2.09. The molecule has 7 nitrogen and oxygen atoms in total. The molecule has 0 unspecified atom stereocenters. The molecule has 0 spiro atoms. The molecule has 0 saturated carbocycles. The molecule has 0 radical (unpaired) electrons. The number of hydrogen-bond donors (Lipinski definition) is 1. The molecule has 1 amide bonds. The lowest BCUT2D eigenvalue weighted by Crippen LogP contribution is -2.32. The summed E-state index contributed by atoms with van der Waals surface area (Å²) in [6, 6.07) is 16.2. The predicted octanol–water partition coefficient (Wildman–Crippen LogP) is 2.63. The summed E-state index contributed by atoms with van der Waals surface area (Å²) < 4.78 is 12.0. The molecule has 0 aliphatic rings. The smallest absolute Gasteiger partial charge is 0.254 e. The van der Waals surface area contributed by atoms with Gasteiger partial charge in [-0.2, -0.15) is 0 Å². The first-order valence-electron chi connectivity index (χ1n) is 9.29. The van der Waals surface area contributed by atoms with E-state index in [0.717, 1.165) is 16.9 Å². The minimum absolute atomic E-state index is 0.107. The monoisotopic (exact) mass is 393 g/mol. The Kier molecular flexibility index (Phi) is 6.63. The highest BCUT2D eigenvalue weighted by Crippen LogP contribution is 2.19. The minimum atomic E-state index is -0.295. The molecular weight excluding hydrogens is 370 g/mol. The summed E-state index contributed by atoms with van der Waals surface area (Å²) >= 11 is 0. The lowest BCUT2D eigenvalue weighted by Gasteiger charge is -2.10. The summed E-state index contributed by atoms with van der Waals surface area (Å²) in [6.07, 6.45) is 1.39. The van der Waals surface area contributed by atoms with E-state index in [1.807, 2.05) is 55.5 Å². The molecule has 1 N–H and O–H groups in total.